The SMILES string of the molecule is CNCc1ccc(N(C)Cc2cccc(C)c2)c(C#N)c1. The molecule has 2 aromatic carbocycles. The molecule has 21 heavy (non-hydrogen) atoms. The van der Waals surface area contributed by atoms with E-state index in [1.165, 1.54) is 11.1 Å². The van der Waals surface area contributed by atoms with Gasteiger partial charge in [-0.3, -0.25) is 0 Å². The summed E-state index contributed by atoms with van der Waals surface area (Å²) in [4.78, 5) is 2.12. The third-order valence-electron chi connectivity index (χ3n) is 3.48. The lowest BCUT2D eigenvalue weighted by molar-refractivity contribution is 0.816. The van der Waals surface area contributed by atoms with Crippen LogP contribution in [0.15, 0.2) is 42.5 Å². The van der Waals surface area contributed by atoms with Crippen molar-refractivity contribution in [1.29, 1.82) is 5.26 Å². The molecule has 0 aliphatic heterocycles. The monoisotopic (exact) mass is 279 g/mol. The molecule has 3 nitrogen and oxygen atoms in total. The van der Waals surface area contributed by atoms with Gasteiger partial charge in [0.2, 0.25) is 0 Å². The highest BCUT2D eigenvalue weighted by molar-refractivity contribution is 5.60. The number of nitrogens with one attached hydrogen (secondary N) is 1. The summed E-state index contributed by atoms with van der Waals surface area (Å²) < 4.78 is 0. The van der Waals surface area contributed by atoms with Gasteiger partial charge in [0.05, 0.1) is 11.3 Å². The van der Waals surface area contributed by atoms with E-state index in [0.717, 1.165) is 29.9 Å². The lowest BCUT2D eigenvalue weighted by Crippen LogP contribution is -2.18. The van der Waals surface area contributed by atoms with Crippen LogP contribution in [0, 0.1) is 18.3 Å². The van der Waals surface area contributed by atoms with E-state index in [1.54, 1.807) is 0 Å². The van der Waals surface area contributed by atoms with Gasteiger partial charge in [-0.15, -0.1) is 0 Å². The summed E-state index contributed by atoms with van der Waals surface area (Å²) >= 11 is 0. The van der Waals surface area contributed by atoms with Crippen LogP contribution in [0.2, 0.25) is 0 Å². The van der Waals surface area contributed by atoms with Crippen LogP contribution in [0.25, 0.3) is 0 Å². The highest BCUT2D eigenvalue weighted by atomic mass is 15.1. The van der Waals surface area contributed by atoms with Crippen LogP contribution in [0.3, 0.4) is 0 Å². The lowest BCUT2D eigenvalue weighted by atomic mass is 10.1. The maximum Gasteiger partial charge on any atom is 0.101 e. The van der Waals surface area contributed by atoms with Gasteiger partial charge in [0, 0.05) is 20.1 Å². The number of benzene rings is 2. The summed E-state index contributed by atoms with van der Waals surface area (Å²) in [6, 6.07) is 16.8. The third kappa shape index (κ3) is 3.84. The van der Waals surface area contributed by atoms with Crippen molar-refractivity contribution in [3.8, 4) is 6.07 Å². The standard InChI is InChI=1S/C18H21N3/c1-14-5-4-6-16(9-14)13-21(3)18-8-7-15(12-20-2)10-17(18)11-19/h4-10,20H,12-13H2,1-3H3. The van der Waals surface area contributed by atoms with Gasteiger partial charge in [0.1, 0.15) is 6.07 Å². The average Bonchev–Trinajstić information content (AvgIpc) is 2.47. The Bertz CT molecular complexity index is 656. The summed E-state index contributed by atoms with van der Waals surface area (Å²) in [6.07, 6.45) is 0. The van der Waals surface area contributed by atoms with Crippen LogP contribution in [0.5, 0.6) is 0 Å². The van der Waals surface area contributed by atoms with Gasteiger partial charge in [0.15, 0.2) is 0 Å². The topological polar surface area (TPSA) is 39.1 Å². The highest BCUT2D eigenvalue weighted by Gasteiger charge is 2.09. The number of hydrogen-bond acceptors (Lipinski definition) is 3. The maximum absolute atomic E-state index is 9.37. The molecule has 0 unspecified atom stereocenters. The van der Waals surface area contributed by atoms with Gasteiger partial charge in [-0.05, 0) is 37.2 Å². The van der Waals surface area contributed by atoms with Crippen molar-refractivity contribution in [2.24, 2.45) is 0 Å². The molecule has 0 atom stereocenters. The Labute approximate surface area is 126 Å². The fourth-order valence-electron chi connectivity index (χ4n) is 2.49. The zero-order valence-electron chi connectivity index (χ0n) is 12.9. The summed E-state index contributed by atoms with van der Waals surface area (Å²) in [5.74, 6) is 0. The molecule has 0 saturated heterocycles. The molecule has 2 rings (SSSR count). The van der Waals surface area contributed by atoms with Crippen molar-refractivity contribution in [2.75, 3.05) is 19.0 Å². The molecule has 0 saturated carbocycles. The number of anilines is 1. The van der Waals surface area contributed by atoms with Gasteiger partial charge in [-0.1, -0.05) is 35.9 Å². The number of hydrogen-bond donors (Lipinski definition) is 1. The van der Waals surface area contributed by atoms with Gasteiger partial charge in [-0.25, -0.2) is 0 Å². The molecular formula is C18H21N3. The van der Waals surface area contributed by atoms with E-state index in [-0.39, 0.29) is 0 Å². The zero-order valence-corrected chi connectivity index (χ0v) is 12.9. The minimum Gasteiger partial charge on any atom is -0.369 e. The van der Waals surface area contributed by atoms with Crippen molar-refractivity contribution in [2.45, 2.75) is 20.0 Å². The van der Waals surface area contributed by atoms with Crippen molar-refractivity contribution >= 4 is 5.69 Å². The molecule has 0 amide bonds. The van der Waals surface area contributed by atoms with Crippen LogP contribution < -0.4 is 10.2 Å². The highest BCUT2D eigenvalue weighted by Crippen LogP contribution is 2.22. The van der Waals surface area contributed by atoms with Crippen LogP contribution in [0.1, 0.15) is 22.3 Å². The summed E-state index contributed by atoms with van der Waals surface area (Å²) in [5, 5.41) is 12.5. The van der Waals surface area contributed by atoms with E-state index in [1.807, 2.05) is 26.2 Å². The summed E-state index contributed by atoms with van der Waals surface area (Å²) in [7, 11) is 3.93. The summed E-state index contributed by atoms with van der Waals surface area (Å²) in [6.45, 7) is 3.66. The molecule has 0 radical (unpaired) electrons. The second-order valence-corrected chi connectivity index (χ2v) is 5.34. The van der Waals surface area contributed by atoms with Crippen molar-refractivity contribution in [3.63, 3.8) is 0 Å². The van der Waals surface area contributed by atoms with Gasteiger partial charge < -0.3 is 10.2 Å². The molecule has 0 bridgehead atoms. The van der Waals surface area contributed by atoms with Crippen molar-refractivity contribution in [3.05, 3.63) is 64.7 Å². The molecular weight excluding hydrogens is 258 g/mol. The molecule has 108 valence electrons. The van der Waals surface area contributed by atoms with E-state index in [0.29, 0.717) is 0 Å². The van der Waals surface area contributed by atoms with Crippen LogP contribution in [-0.2, 0) is 13.1 Å². The first-order chi connectivity index (χ1) is 10.1. The maximum atomic E-state index is 9.37. The molecule has 0 fully saturated rings. The largest absolute Gasteiger partial charge is 0.369 e. The Balaban J connectivity index is 2.22. The quantitative estimate of drug-likeness (QED) is 0.913. The van der Waals surface area contributed by atoms with Gasteiger partial charge >= 0.3 is 0 Å². The van der Waals surface area contributed by atoms with E-state index < -0.39 is 0 Å². The Hall–Kier alpha value is -2.31. The fourth-order valence-corrected chi connectivity index (χ4v) is 2.49. The molecule has 0 aliphatic rings. The van der Waals surface area contributed by atoms with E-state index >= 15 is 0 Å². The average molecular weight is 279 g/mol. The van der Waals surface area contributed by atoms with E-state index in [9.17, 15) is 5.26 Å². The number of aryl methyl sites for hydroxylation is 1. The zero-order chi connectivity index (χ0) is 15.2. The van der Waals surface area contributed by atoms with E-state index in [4.69, 9.17) is 0 Å². The smallest absolute Gasteiger partial charge is 0.101 e. The third-order valence-corrected chi connectivity index (χ3v) is 3.48. The van der Waals surface area contributed by atoms with Crippen molar-refractivity contribution in [1.82, 2.24) is 5.32 Å². The fraction of sp³-hybridized carbons (Fsp3) is 0.278. The molecule has 1 N–H and O–H groups in total. The number of nitriles is 1. The predicted molar refractivity (Wildman–Crippen MR) is 87.2 cm³/mol. The second-order valence-electron chi connectivity index (χ2n) is 5.34. The first kappa shape index (κ1) is 15.1. The lowest BCUT2D eigenvalue weighted by Gasteiger charge is -2.21. The Kier molecular flexibility index (Phi) is 4.97. The number of nitrogens with zero attached hydrogens (tertiary/aromatic N) is 2. The normalized spacial score (nSPS) is 10.2. The Morgan fingerprint density at radius 2 is 1.95 bits per heavy atom. The Morgan fingerprint density at radius 3 is 2.62 bits per heavy atom. The van der Waals surface area contributed by atoms with Crippen LogP contribution in [0.4, 0.5) is 5.69 Å². The van der Waals surface area contributed by atoms with Gasteiger partial charge in [-0.2, -0.15) is 5.26 Å². The second kappa shape index (κ2) is 6.92. The molecule has 0 aromatic heterocycles. The molecule has 3 heteroatoms. The number of rotatable bonds is 5. The summed E-state index contributed by atoms with van der Waals surface area (Å²) in [5.41, 5.74) is 5.32. The van der Waals surface area contributed by atoms with E-state index in [2.05, 4.69) is 53.5 Å². The first-order valence-corrected chi connectivity index (χ1v) is 7.08. The Morgan fingerprint density at radius 1 is 1.14 bits per heavy atom. The van der Waals surface area contributed by atoms with Crippen LogP contribution >= 0.6 is 0 Å². The molecule has 0 heterocycles. The molecule has 2 aromatic rings. The van der Waals surface area contributed by atoms with Gasteiger partial charge in [0.25, 0.3) is 0 Å². The molecule has 0 aliphatic carbocycles. The van der Waals surface area contributed by atoms with Crippen LogP contribution in [-0.4, -0.2) is 14.1 Å². The minimum absolute atomic E-state index is 0.720. The minimum atomic E-state index is 0.720. The molecule has 0 spiro atoms. The predicted octanol–water partition coefficient (Wildman–Crippen LogP) is 3.22. The van der Waals surface area contributed by atoms with Crippen molar-refractivity contribution < 1.29 is 0 Å². The first-order valence-electron chi connectivity index (χ1n) is 7.08.